The molecule has 5 heteroatoms. The van der Waals surface area contributed by atoms with E-state index in [0.717, 1.165) is 28.7 Å². The topological polar surface area (TPSA) is 54.0 Å². The van der Waals surface area contributed by atoms with Crippen LogP contribution < -0.4 is 10.6 Å². The second-order valence-electron chi connectivity index (χ2n) is 5.88. The van der Waals surface area contributed by atoms with Crippen LogP contribution in [0.4, 0.5) is 10.1 Å². The molecule has 0 radical (unpaired) electrons. The van der Waals surface area contributed by atoms with Gasteiger partial charge in [0.15, 0.2) is 0 Å². The minimum absolute atomic E-state index is 0.130. The molecule has 0 unspecified atom stereocenters. The third kappa shape index (κ3) is 4.32. The van der Waals surface area contributed by atoms with Gasteiger partial charge in [-0.2, -0.15) is 0 Å². The molecule has 1 aromatic heterocycles. The highest BCUT2D eigenvalue weighted by Crippen LogP contribution is 2.17. The van der Waals surface area contributed by atoms with Gasteiger partial charge in [-0.25, -0.2) is 4.39 Å². The molecule has 25 heavy (non-hydrogen) atoms. The molecule has 1 heterocycles. The summed E-state index contributed by atoms with van der Waals surface area (Å²) in [6, 6.07) is 15.8. The average Bonchev–Trinajstić information content (AvgIpc) is 2.60. The normalized spacial score (nSPS) is 10.6. The summed E-state index contributed by atoms with van der Waals surface area (Å²) in [6.45, 7) is 3.09. The Labute approximate surface area is 146 Å². The van der Waals surface area contributed by atoms with Crippen molar-refractivity contribution in [2.24, 2.45) is 0 Å². The van der Waals surface area contributed by atoms with E-state index in [4.69, 9.17) is 0 Å². The van der Waals surface area contributed by atoms with Crippen molar-refractivity contribution in [3.05, 3.63) is 71.7 Å². The monoisotopic (exact) mass is 337 g/mol. The Bertz CT molecular complexity index is 895. The molecule has 128 valence electrons. The van der Waals surface area contributed by atoms with Gasteiger partial charge in [-0.05, 0) is 43.7 Å². The van der Waals surface area contributed by atoms with Crippen molar-refractivity contribution in [2.75, 3.05) is 18.4 Å². The first-order valence-corrected chi connectivity index (χ1v) is 8.27. The quantitative estimate of drug-likeness (QED) is 0.671. The third-order valence-electron chi connectivity index (χ3n) is 3.90. The number of amides is 1. The fourth-order valence-corrected chi connectivity index (χ4v) is 2.64. The summed E-state index contributed by atoms with van der Waals surface area (Å²) in [5.41, 5.74) is 2.92. The highest BCUT2D eigenvalue weighted by molar-refractivity contribution is 6.05. The summed E-state index contributed by atoms with van der Waals surface area (Å²) in [4.78, 5) is 16.9. The van der Waals surface area contributed by atoms with E-state index >= 15 is 0 Å². The fourth-order valence-electron chi connectivity index (χ4n) is 2.64. The van der Waals surface area contributed by atoms with Crippen LogP contribution >= 0.6 is 0 Å². The zero-order valence-electron chi connectivity index (χ0n) is 14.1. The van der Waals surface area contributed by atoms with Crippen LogP contribution in [0.25, 0.3) is 10.9 Å². The van der Waals surface area contributed by atoms with E-state index in [1.54, 1.807) is 12.1 Å². The predicted octanol–water partition coefficient (Wildman–Crippen LogP) is 3.91. The van der Waals surface area contributed by atoms with Crippen LogP contribution in [0.5, 0.6) is 0 Å². The van der Waals surface area contributed by atoms with Crippen molar-refractivity contribution in [1.82, 2.24) is 10.3 Å². The van der Waals surface area contributed by atoms with Gasteiger partial charge in [0.05, 0.1) is 11.1 Å². The number of hydrogen-bond donors (Lipinski definition) is 2. The van der Waals surface area contributed by atoms with Crippen LogP contribution in [-0.2, 0) is 0 Å². The first-order valence-electron chi connectivity index (χ1n) is 8.27. The standard InChI is InChI=1S/C20H20FN3O/c1-14-9-10-15-5-2-8-18(19(15)24-14)20(25)23-12-4-11-22-17-7-3-6-16(21)13-17/h2-3,5-10,13,22H,4,11-12H2,1H3,(H,23,25). The number of nitrogens with one attached hydrogen (secondary N) is 2. The summed E-state index contributed by atoms with van der Waals surface area (Å²) in [5.74, 6) is -0.397. The number of benzene rings is 2. The summed E-state index contributed by atoms with van der Waals surface area (Å²) in [5, 5.41) is 7.00. The van der Waals surface area contributed by atoms with Crippen LogP contribution in [0, 0.1) is 12.7 Å². The molecule has 0 aliphatic heterocycles. The minimum atomic E-state index is -0.267. The number of aryl methyl sites for hydroxylation is 1. The zero-order chi connectivity index (χ0) is 17.6. The maximum atomic E-state index is 13.1. The molecule has 0 bridgehead atoms. The predicted molar refractivity (Wildman–Crippen MR) is 98.3 cm³/mol. The Kier molecular flexibility index (Phi) is 5.23. The van der Waals surface area contributed by atoms with Crippen molar-refractivity contribution in [2.45, 2.75) is 13.3 Å². The molecule has 3 rings (SSSR count). The molecule has 2 aromatic carbocycles. The number of hydrogen-bond acceptors (Lipinski definition) is 3. The minimum Gasteiger partial charge on any atom is -0.385 e. The Hall–Kier alpha value is -2.95. The Morgan fingerprint density at radius 3 is 2.76 bits per heavy atom. The van der Waals surface area contributed by atoms with Gasteiger partial charge in [0.25, 0.3) is 5.91 Å². The van der Waals surface area contributed by atoms with Gasteiger partial charge in [-0.1, -0.05) is 24.3 Å². The fraction of sp³-hybridized carbons (Fsp3) is 0.200. The zero-order valence-corrected chi connectivity index (χ0v) is 14.1. The highest BCUT2D eigenvalue weighted by atomic mass is 19.1. The largest absolute Gasteiger partial charge is 0.385 e. The van der Waals surface area contributed by atoms with Crippen LogP contribution in [0.1, 0.15) is 22.5 Å². The van der Waals surface area contributed by atoms with Crippen molar-refractivity contribution in [1.29, 1.82) is 0 Å². The number of nitrogens with zero attached hydrogens (tertiary/aromatic N) is 1. The number of aromatic nitrogens is 1. The van der Waals surface area contributed by atoms with Gasteiger partial charge in [-0.3, -0.25) is 9.78 Å². The van der Waals surface area contributed by atoms with Crippen molar-refractivity contribution < 1.29 is 9.18 Å². The first-order chi connectivity index (χ1) is 12.1. The molecule has 0 aliphatic rings. The molecular weight excluding hydrogens is 317 g/mol. The van der Waals surface area contributed by atoms with Crippen LogP contribution in [0.2, 0.25) is 0 Å². The van der Waals surface area contributed by atoms with Crippen molar-refractivity contribution in [3.8, 4) is 0 Å². The van der Waals surface area contributed by atoms with E-state index in [1.165, 1.54) is 12.1 Å². The molecule has 0 atom stereocenters. The number of rotatable bonds is 6. The molecule has 0 fully saturated rings. The number of carbonyl (C=O) groups excluding carboxylic acids is 1. The average molecular weight is 337 g/mol. The lowest BCUT2D eigenvalue weighted by Gasteiger charge is -2.09. The molecule has 2 N–H and O–H groups in total. The molecule has 0 saturated carbocycles. The van der Waals surface area contributed by atoms with E-state index in [1.807, 2.05) is 37.3 Å². The first kappa shape index (κ1) is 16.9. The molecule has 1 amide bonds. The lowest BCUT2D eigenvalue weighted by atomic mass is 10.1. The van der Waals surface area contributed by atoms with E-state index in [9.17, 15) is 9.18 Å². The van der Waals surface area contributed by atoms with Gasteiger partial charge in [0.2, 0.25) is 0 Å². The molecular formula is C20H20FN3O. The maximum Gasteiger partial charge on any atom is 0.253 e. The summed E-state index contributed by atoms with van der Waals surface area (Å²) < 4.78 is 13.1. The second-order valence-corrected chi connectivity index (χ2v) is 5.88. The summed E-state index contributed by atoms with van der Waals surface area (Å²) in [6.07, 6.45) is 0.736. The number of anilines is 1. The van der Waals surface area contributed by atoms with Crippen molar-refractivity contribution in [3.63, 3.8) is 0 Å². The van der Waals surface area contributed by atoms with Crippen LogP contribution in [0.15, 0.2) is 54.6 Å². The van der Waals surface area contributed by atoms with Gasteiger partial charge >= 0.3 is 0 Å². The number of halogens is 1. The van der Waals surface area contributed by atoms with E-state index < -0.39 is 0 Å². The third-order valence-corrected chi connectivity index (χ3v) is 3.90. The summed E-state index contributed by atoms with van der Waals surface area (Å²) in [7, 11) is 0. The smallest absolute Gasteiger partial charge is 0.253 e. The Morgan fingerprint density at radius 2 is 1.92 bits per heavy atom. The maximum absolute atomic E-state index is 13.1. The van der Waals surface area contributed by atoms with Gasteiger partial charge < -0.3 is 10.6 Å². The SMILES string of the molecule is Cc1ccc2cccc(C(=O)NCCCNc3cccc(F)c3)c2n1. The number of para-hydroxylation sites is 1. The second kappa shape index (κ2) is 7.75. The van der Waals surface area contributed by atoms with E-state index in [-0.39, 0.29) is 11.7 Å². The molecule has 4 nitrogen and oxygen atoms in total. The molecule has 3 aromatic rings. The van der Waals surface area contributed by atoms with Gasteiger partial charge in [-0.15, -0.1) is 0 Å². The van der Waals surface area contributed by atoms with E-state index in [2.05, 4.69) is 15.6 Å². The van der Waals surface area contributed by atoms with Crippen LogP contribution in [-0.4, -0.2) is 24.0 Å². The Morgan fingerprint density at radius 1 is 1.08 bits per heavy atom. The molecule has 0 spiro atoms. The van der Waals surface area contributed by atoms with E-state index in [0.29, 0.717) is 18.7 Å². The highest BCUT2D eigenvalue weighted by Gasteiger charge is 2.10. The number of carbonyl (C=O) groups is 1. The Balaban J connectivity index is 1.54. The number of fused-ring (bicyclic) bond motifs is 1. The van der Waals surface area contributed by atoms with Gasteiger partial charge in [0, 0.05) is 29.9 Å². The lowest BCUT2D eigenvalue weighted by molar-refractivity contribution is 0.0955. The molecule has 0 saturated heterocycles. The van der Waals surface area contributed by atoms with Crippen molar-refractivity contribution >= 4 is 22.5 Å². The van der Waals surface area contributed by atoms with Crippen LogP contribution in [0.3, 0.4) is 0 Å². The van der Waals surface area contributed by atoms with Gasteiger partial charge in [0.1, 0.15) is 5.82 Å². The summed E-state index contributed by atoms with van der Waals surface area (Å²) >= 11 is 0. The molecule has 0 aliphatic carbocycles. The number of pyridine rings is 1. The lowest BCUT2D eigenvalue weighted by Crippen LogP contribution is -2.26.